The molecule has 2 heterocycles. The van der Waals surface area contributed by atoms with E-state index in [1.165, 1.54) is 38.5 Å². The summed E-state index contributed by atoms with van der Waals surface area (Å²) in [7, 11) is 0. The molecular formula is C17H28N6. The normalized spacial score (nSPS) is 23.7. The molecule has 3 N–H and O–H groups in total. The van der Waals surface area contributed by atoms with E-state index in [4.69, 9.17) is 5.73 Å². The van der Waals surface area contributed by atoms with Gasteiger partial charge in [0.1, 0.15) is 0 Å². The van der Waals surface area contributed by atoms with E-state index in [0.717, 1.165) is 32.0 Å². The van der Waals surface area contributed by atoms with Crippen molar-refractivity contribution in [1.29, 1.82) is 0 Å². The van der Waals surface area contributed by atoms with E-state index in [0.29, 0.717) is 17.9 Å². The molecule has 3 rings (SSSR count). The van der Waals surface area contributed by atoms with Crippen molar-refractivity contribution in [3.63, 3.8) is 0 Å². The Hall–Kier alpha value is -1.85. The highest BCUT2D eigenvalue weighted by atomic mass is 15.3. The zero-order chi connectivity index (χ0) is 15.9. The fourth-order valence-electron chi connectivity index (χ4n) is 3.58. The fourth-order valence-corrected chi connectivity index (χ4v) is 3.58. The monoisotopic (exact) mass is 316 g/mol. The van der Waals surface area contributed by atoms with Gasteiger partial charge in [0.05, 0.1) is 0 Å². The summed E-state index contributed by atoms with van der Waals surface area (Å²) in [6, 6.07) is 2.38. The highest BCUT2D eigenvalue weighted by Crippen LogP contribution is 2.20. The van der Waals surface area contributed by atoms with Crippen LogP contribution in [0.3, 0.4) is 0 Å². The number of anilines is 1. The molecule has 2 aliphatic rings. The van der Waals surface area contributed by atoms with Crippen LogP contribution in [0.4, 0.5) is 5.95 Å². The van der Waals surface area contributed by atoms with Gasteiger partial charge in [0.25, 0.3) is 0 Å². The minimum absolute atomic E-state index is 0.521. The van der Waals surface area contributed by atoms with Gasteiger partial charge in [-0.25, -0.2) is 9.97 Å². The number of nitrogens with zero attached hydrogens (tertiary/aromatic N) is 4. The number of hydrogen-bond acceptors (Lipinski definition) is 4. The first-order valence-corrected chi connectivity index (χ1v) is 8.89. The third kappa shape index (κ3) is 4.81. The highest BCUT2D eigenvalue weighted by molar-refractivity contribution is 5.78. The van der Waals surface area contributed by atoms with Gasteiger partial charge in [-0.2, -0.15) is 0 Å². The Morgan fingerprint density at radius 2 is 1.96 bits per heavy atom. The second kappa shape index (κ2) is 8.13. The molecule has 0 bridgehead atoms. The summed E-state index contributed by atoms with van der Waals surface area (Å²) in [5, 5.41) is 3.39. The topological polar surface area (TPSA) is 79.4 Å². The van der Waals surface area contributed by atoms with Crippen molar-refractivity contribution in [2.75, 3.05) is 24.5 Å². The molecule has 1 saturated carbocycles. The number of piperidine rings is 1. The van der Waals surface area contributed by atoms with Gasteiger partial charge < -0.3 is 16.0 Å². The van der Waals surface area contributed by atoms with Crippen LogP contribution < -0.4 is 16.0 Å². The van der Waals surface area contributed by atoms with E-state index < -0.39 is 0 Å². The lowest BCUT2D eigenvalue weighted by Gasteiger charge is -2.32. The number of nitrogens with one attached hydrogen (secondary N) is 1. The molecular weight excluding hydrogens is 288 g/mol. The maximum absolute atomic E-state index is 6.07. The van der Waals surface area contributed by atoms with Crippen LogP contribution in [0.2, 0.25) is 0 Å². The van der Waals surface area contributed by atoms with Crippen LogP contribution in [-0.4, -0.2) is 41.6 Å². The highest BCUT2D eigenvalue weighted by Gasteiger charge is 2.21. The van der Waals surface area contributed by atoms with Gasteiger partial charge in [0, 0.05) is 38.1 Å². The third-order valence-corrected chi connectivity index (χ3v) is 4.83. The third-order valence-electron chi connectivity index (χ3n) is 4.83. The standard InChI is InChI=1S/C17H28N6/c18-16(22-15-7-2-1-3-8-15)21-12-14-6-4-11-23(13-14)17-19-9-5-10-20-17/h5,9-10,14-15H,1-4,6-8,11-13H2,(H3,18,21,22). The first-order valence-electron chi connectivity index (χ1n) is 8.89. The van der Waals surface area contributed by atoms with Crippen LogP contribution in [0.1, 0.15) is 44.9 Å². The molecule has 0 aromatic carbocycles. The van der Waals surface area contributed by atoms with Crippen molar-refractivity contribution in [3.05, 3.63) is 18.5 Å². The van der Waals surface area contributed by atoms with Crippen molar-refractivity contribution < 1.29 is 0 Å². The zero-order valence-electron chi connectivity index (χ0n) is 13.8. The predicted octanol–water partition coefficient (Wildman–Crippen LogP) is 1.93. The largest absolute Gasteiger partial charge is 0.370 e. The van der Waals surface area contributed by atoms with Gasteiger partial charge in [-0.05, 0) is 37.7 Å². The average Bonchev–Trinajstić information content (AvgIpc) is 2.62. The van der Waals surface area contributed by atoms with Crippen LogP contribution in [-0.2, 0) is 0 Å². The average molecular weight is 316 g/mol. The van der Waals surface area contributed by atoms with E-state index in [1.807, 2.05) is 6.07 Å². The van der Waals surface area contributed by atoms with Crippen LogP contribution in [0.5, 0.6) is 0 Å². The van der Waals surface area contributed by atoms with Gasteiger partial charge in [-0.1, -0.05) is 19.3 Å². The summed E-state index contributed by atoms with van der Waals surface area (Å²) in [6.45, 7) is 2.78. The minimum atomic E-state index is 0.521. The summed E-state index contributed by atoms with van der Waals surface area (Å²) in [6.07, 6.45) is 12.4. The smallest absolute Gasteiger partial charge is 0.225 e. The summed E-state index contributed by atoms with van der Waals surface area (Å²) in [4.78, 5) is 15.5. The van der Waals surface area contributed by atoms with E-state index in [-0.39, 0.29) is 0 Å². The second-order valence-electron chi connectivity index (χ2n) is 6.71. The lowest BCUT2D eigenvalue weighted by atomic mass is 9.96. The van der Waals surface area contributed by atoms with E-state index in [9.17, 15) is 0 Å². The number of rotatable bonds is 4. The molecule has 1 atom stereocenters. The van der Waals surface area contributed by atoms with Gasteiger partial charge in [-0.3, -0.25) is 4.99 Å². The van der Waals surface area contributed by atoms with Crippen molar-refractivity contribution in [3.8, 4) is 0 Å². The molecule has 126 valence electrons. The predicted molar refractivity (Wildman–Crippen MR) is 93.5 cm³/mol. The number of hydrogen-bond donors (Lipinski definition) is 2. The SMILES string of the molecule is NC(=NCC1CCCN(c2ncccn2)C1)NC1CCCCC1. The molecule has 0 spiro atoms. The Morgan fingerprint density at radius 3 is 2.74 bits per heavy atom. The Morgan fingerprint density at radius 1 is 1.17 bits per heavy atom. The van der Waals surface area contributed by atoms with Crippen molar-refractivity contribution in [2.45, 2.75) is 51.0 Å². The molecule has 0 amide bonds. The van der Waals surface area contributed by atoms with Crippen molar-refractivity contribution in [1.82, 2.24) is 15.3 Å². The Kier molecular flexibility index (Phi) is 5.66. The van der Waals surface area contributed by atoms with Crippen molar-refractivity contribution in [2.24, 2.45) is 16.6 Å². The molecule has 1 aromatic heterocycles. The number of aliphatic imine (C=N–C) groups is 1. The van der Waals surface area contributed by atoms with Gasteiger partial charge in [0.15, 0.2) is 5.96 Å². The summed E-state index contributed by atoms with van der Waals surface area (Å²) in [5.74, 6) is 1.97. The Labute approximate surface area is 138 Å². The Bertz CT molecular complexity index is 497. The summed E-state index contributed by atoms with van der Waals surface area (Å²) >= 11 is 0. The maximum Gasteiger partial charge on any atom is 0.225 e. The van der Waals surface area contributed by atoms with Gasteiger partial charge in [-0.15, -0.1) is 0 Å². The fraction of sp³-hybridized carbons (Fsp3) is 0.706. The van der Waals surface area contributed by atoms with Crippen molar-refractivity contribution >= 4 is 11.9 Å². The molecule has 1 unspecified atom stereocenters. The molecule has 2 fully saturated rings. The van der Waals surface area contributed by atoms with Gasteiger partial charge >= 0.3 is 0 Å². The quantitative estimate of drug-likeness (QED) is 0.655. The van der Waals surface area contributed by atoms with Crippen LogP contribution in [0, 0.1) is 5.92 Å². The molecule has 1 aliphatic carbocycles. The molecule has 6 heteroatoms. The van der Waals surface area contributed by atoms with Crippen LogP contribution in [0.15, 0.2) is 23.5 Å². The van der Waals surface area contributed by atoms with Crippen LogP contribution >= 0.6 is 0 Å². The number of guanidine groups is 1. The minimum Gasteiger partial charge on any atom is -0.370 e. The summed E-state index contributed by atoms with van der Waals surface area (Å²) < 4.78 is 0. The lowest BCUT2D eigenvalue weighted by Crippen LogP contribution is -2.42. The molecule has 1 saturated heterocycles. The van der Waals surface area contributed by atoms with Gasteiger partial charge in [0.2, 0.25) is 5.95 Å². The maximum atomic E-state index is 6.07. The molecule has 1 aromatic rings. The van der Waals surface area contributed by atoms with Crippen LogP contribution in [0.25, 0.3) is 0 Å². The summed E-state index contributed by atoms with van der Waals surface area (Å²) in [5.41, 5.74) is 6.07. The van der Waals surface area contributed by atoms with E-state index >= 15 is 0 Å². The second-order valence-corrected chi connectivity index (χ2v) is 6.71. The van der Waals surface area contributed by atoms with E-state index in [2.05, 4.69) is 25.2 Å². The molecule has 6 nitrogen and oxygen atoms in total. The molecule has 23 heavy (non-hydrogen) atoms. The first-order chi connectivity index (χ1) is 11.3. The first kappa shape index (κ1) is 16.0. The Balaban J connectivity index is 1.48. The molecule has 1 aliphatic heterocycles. The molecule has 0 radical (unpaired) electrons. The number of nitrogens with two attached hydrogens (primary N) is 1. The zero-order valence-corrected chi connectivity index (χ0v) is 13.8. The lowest BCUT2D eigenvalue weighted by molar-refractivity contribution is 0.407. The number of aromatic nitrogens is 2. The van der Waals surface area contributed by atoms with E-state index in [1.54, 1.807) is 12.4 Å².